The van der Waals surface area contributed by atoms with E-state index in [1.165, 1.54) is 17.3 Å². The van der Waals surface area contributed by atoms with Gasteiger partial charge in [0.1, 0.15) is 17.6 Å². The molecule has 1 aromatic heterocycles. The number of anilines is 1. The number of para-hydroxylation sites is 1. The van der Waals surface area contributed by atoms with E-state index in [1.54, 1.807) is 0 Å². The van der Waals surface area contributed by atoms with Crippen LogP contribution in [0.5, 0.6) is 5.75 Å². The van der Waals surface area contributed by atoms with Crippen molar-refractivity contribution in [2.45, 2.75) is 43.3 Å². The number of aryl methyl sites for hydroxylation is 2. The number of rotatable bonds is 7. The molecular formula is C27H27N5O2S. The van der Waals surface area contributed by atoms with E-state index in [-0.39, 0.29) is 18.6 Å². The van der Waals surface area contributed by atoms with E-state index in [9.17, 15) is 4.79 Å². The molecule has 2 atom stereocenters. The van der Waals surface area contributed by atoms with Crippen molar-refractivity contribution in [3.05, 3.63) is 101 Å². The molecule has 0 radical (unpaired) electrons. The van der Waals surface area contributed by atoms with Gasteiger partial charge in [0.25, 0.3) is 0 Å². The zero-order valence-electron chi connectivity index (χ0n) is 19.6. The average molecular weight is 486 g/mol. The van der Waals surface area contributed by atoms with Crippen LogP contribution in [0.3, 0.4) is 0 Å². The second kappa shape index (κ2) is 10.2. The molecule has 7 nitrogen and oxygen atoms in total. The molecule has 35 heavy (non-hydrogen) atoms. The molecule has 1 aliphatic rings. The van der Waals surface area contributed by atoms with Crippen molar-refractivity contribution < 1.29 is 9.53 Å². The van der Waals surface area contributed by atoms with Crippen LogP contribution in [-0.2, 0) is 17.8 Å². The van der Waals surface area contributed by atoms with Crippen molar-refractivity contribution >= 4 is 23.4 Å². The number of fused-ring (bicyclic) bond motifs is 1. The minimum absolute atomic E-state index is 0.0892. The number of carbonyl (C=O) groups excluding carboxylic acids is 1. The van der Waals surface area contributed by atoms with Crippen LogP contribution in [0.4, 0.5) is 5.69 Å². The molecule has 0 saturated heterocycles. The number of aromatic nitrogens is 3. The predicted molar refractivity (Wildman–Crippen MR) is 138 cm³/mol. The Morgan fingerprint density at radius 3 is 2.49 bits per heavy atom. The fraction of sp³-hybridized carbons (Fsp3) is 0.222. The normalized spacial score (nSPS) is 16.7. The Morgan fingerprint density at radius 2 is 1.77 bits per heavy atom. The summed E-state index contributed by atoms with van der Waals surface area (Å²) in [7, 11) is 0. The number of hydrogen-bond donors (Lipinski definition) is 2. The number of benzene rings is 3. The number of hydrogen-bond acceptors (Lipinski definition) is 6. The summed E-state index contributed by atoms with van der Waals surface area (Å²) in [5.41, 5.74) is 7.67. The third-order valence-corrected chi connectivity index (χ3v) is 7.15. The fourth-order valence-electron chi connectivity index (χ4n) is 3.92. The summed E-state index contributed by atoms with van der Waals surface area (Å²) in [6.07, 6.45) is 0.956. The zero-order chi connectivity index (χ0) is 24.2. The average Bonchev–Trinajstić information content (AvgIpc) is 3.30. The molecule has 3 aromatic carbocycles. The fourth-order valence-corrected chi connectivity index (χ4v) is 5.02. The summed E-state index contributed by atoms with van der Waals surface area (Å²) in [5.74, 6) is 1.31. The van der Waals surface area contributed by atoms with Gasteiger partial charge in [0.2, 0.25) is 11.1 Å². The predicted octanol–water partition coefficient (Wildman–Crippen LogP) is 5.13. The van der Waals surface area contributed by atoms with Crippen LogP contribution >= 0.6 is 11.8 Å². The first-order chi connectivity index (χ1) is 17.1. The van der Waals surface area contributed by atoms with Gasteiger partial charge >= 0.3 is 0 Å². The van der Waals surface area contributed by atoms with Gasteiger partial charge in [-0.1, -0.05) is 78.8 Å². The van der Waals surface area contributed by atoms with Gasteiger partial charge in [-0.2, -0.15) is 0 Å². The molecule has 1 aliphatic heterocycles. The number of nitrogens with zero attached hydrogens (tertiary/aromatic N) is 3. The molecule has 4 aromatic rings. The van der Waals surface area contributed by atoms with Crippen molar-refractivity contribution in [3.63, 3.8) is 0 Å². The van der Waals surface area contributed by atoms with Gasteiger partial charge in [0.05, 0.1) is 6.04 Å². The van der Waals surface area contributed by atoms with Crippen LogP contribution in [0.2, 0.25) is 0 Å². The van der Waals surface area contributed by atoms with Gasteiger partial charge in [-0.15, -0.1) is 10.2 Å². The van der Waals surface area contributed by atoms with E-state index in [0.29, 0.717) is 11.0 Å². The van der Waals surface area contributed by atoms with Gasteiger partial charge < -0.3 is 15.5 Å². The maximum absolute atomic E-state index is 13.4. The second-order valence-electron chi connectivity index (χ2n) is 8.43. The summed E-state index contributed by atoms with van der Waals surface area (Å²) in [6, 6.07) is 25.5. The summed E-state index contributed by atoms with van der Waals surface area (Å²) >= 11 is 1.40. The van der Waals surface area contributed by atoms with E-state index in [2.05, 4.69) is 52.1 Å². The first-order valence-corrected chi connectivity index (χ1v) is 12.5. The van der Waals surface area contributed by atoms with Gasteiger partial charge in [-0.05, 0) is 48.7 Å². The molecule has 2 N–H and O–H groups in total. The molecule has 0 saturated carbocycles. The minimum Gasteiger partial charge on any atom is -0.486 e. The number of amides is 1. The van der Waals surface area contributed by atoms with Crippen LogP contribution < -0.4 is 15.5 Å². The number of carbonyl (C=O) groups is 1. The van der Waals surface area contributed by atoms with E-state index in [0.717, 1.165) is 29.0 Å². The number of thioether (sulfide) groups is 1. The number of ether oxygens (including phenoxy) is 1. The van der Waals surface area contributed by atoms with Gasteiger partial charge in [-0.25, -0.2) is 4.68 Å². The molecule has 0 aliphatic carbocycles. The van der Waals surface area contributed by atoms with Gasteiger partial charge in [0, 0.05) is 5.69 Å². The van der Waals surface area contributed by atoms with Crippen molar-refractivity contribution in [1.29, 1.82) is 0 Å². The van der Waals surface area contributed by atoms with E-state index < -0.39 is 5.25 Å². The van der Waals surface area contributed by atoms with Gasteiger partial charge in [0.15, 0.2) is 5.82 Å². The lowest BCUT2D eigenvalue weighted by atomic mass is 10.0. The third kappa shape index (κ3) is 5.17. The molecule has 1 amide bonds. The summed E-state index contributed by atoms with van der Waals surface area (Å²) in [6.45, 7) is 4.42. The lowest BCUT2D eigenvalue weighted by molar-refractivity contribution is -0.116. The van der Waals surface area contributed by atoms with E-state index >= 15 is 0 Å². The minimum atomic E-state index is -0.442. The molecule has 8 heteroatoms. The van der Waals surface area contributed by atoms with Crippen LogP contribution in [-0.4, -0.2) is 26.0 Å². The van der Waals surface area contributed by atoms with Crippen LogP contribution in [0.1, 0.15) is 35.5 Å². The van der Waals surface area contributed by atoms with Crippen LogP contribution in [0.15, 0.2) is 84.0 Å². The second-order valence-corrected chi connectivity index (χ2v) is 9.54. The summed E-state index contributed by atoms with van der Waals surface area (Å²) in [4.78, 5) is 13.4. The SMILES string of the molecule is CCc1ccc(NC(=O)[C@H]2Sc3nnc(COc4ccccc4)n3N[C@@H]2c2ccc(C)cc2)cc1. The first kappa shape index (κ1) is 23.0. The van der Waals surface area contributed by atoms with Crippen molar-refractivity contribution in [2.75, 3.05) is 10.7 Å². The van der Waals surface area contributed by atoms with E-state index in [1.807, 2.05) is 66.2 Å². The summed E-state index contributed by atoms with van der Waals surface area (Å²) < 4.78 is 7.72. The highest BCUT2D eigenvalue weighted by atomic mass is 32.2. The van der Waals surface area contributed by atoms with Gasteiger partial charge in [-0.3, -0.25) is 4.79 Å². The van der Waals surface area contributed by atoms with Crippen molar-refractivity contribution in [2.24, 2.45) is 0 Å². The molecule has 5 rings (SSSR count). The molecule has 2 heterocycles. The Kier molecular flexibility index (Phi) is 6.72. The molecule has 0 spiro atoms. The highest BCUT2D eigenvalue weighted by molar-refractivity contribution is 8.00. The smallest absolute Gasteiger partial charge is 0.240 e. The summed E-state index contributed by atoms with van der Waals surface area (Å²) in [5, 5.41) is 11.9. The molecule has 178 valence electrons. The molecule has 0 bridgehead atoms. The topological polar surface area (TPSA) is 81.1 Å². The zero-order valence-corrected chi connectivity index (χ0v) is 20.5. The van der Waals surface area contributed by atoms with Crippen LogP contribution in [0, 0.1) is 6.92 Å². The maximum Gasteiger partial charge on any atom is 0.240 e. The highest BCUT2D eigenvalue weighted by Crippen LogP contribution is 2.37. The maximum atomic E-state index is 13.4. The Morgan fingerprint density at radius 1 is 1.03 bits per heavy atom. The Bertz CT molecular complexity index is 1290. The quantitative estimate of drug-likeness (QED) is 0.378. The van der Waals surface area contributed by atoms with E-state index in [4.69, 9.17) is 4.74 Å². The van der Waals surface area contributed by atoms with Crippen molar-refractivity contribution in [1.82, 2.24) is 14.9 Å². The standard InChI is InChI=1S/C27H27N5O2S/c1-3-19-11-15-21(16-12-19)28-26(33)25-24(20-13-9-18(2)10-14-20)31-32-23(29-30-27(32)35-25)17-34-22-7-5-4-6-8-22/h4-16,24-25,31H,3,17H2,1-2H3,(H,28,33)/t24-,25+/m1/s1. The Balaban J connectivity index is 1.40. The Hall–Kier alpha value is -3.78. The lowest BCUT2D eigenvalue weighted by Crippen LogP contribution is -2.41. The van der Waals surface area contributed by atoms with Crippen molar-refractivity contribution in [3.8, 4) is 5.75 Å². The molecule has 0 fully saturated rings. The highest BCUT2D eigenvalue weighted by Gasteiger charge is 2.38. The number of nitrogens with one attached hydrogen (secondary N) is 2. The molecular weight excluding hydrogens is 458 g/mol. The largest absolute Gasteiger partial charge is 0.486 e. The third-order valence-electron chi connectivity index (χ3n) is 5.94. The first-order valence-electron chi connectivity index (χ1n) is 11.6. The monoisotopic (exact) mass is 485 g/mol. The molecule has 0 unspecified atom stereocenters. The lowest BCUT2D eigenvalue weighted by Gasteiger charge is -2.33. The Labute approximate surface area is 208 Å². The van der Waals surface area contributed by atoms with Crippen LogP contribution in [0.25, 0.3) is 0 Å².